The summed E-state index contributed by atoms with van der Waals surface area (Å²) >= 11 is 0. The maximum Gasteiger partial charge on any atom is 0.340 e. The van der Waals surface area contributed by atoms with E-state index in [0.29, 0.717) is 11.3 Å². The summed E-state index contributed by atoms with van der Waals surface area (Å²) in [5.74, 6) is -1.64. The van der Waals surface area contributed by atoms with Crippen LogP contribution >= 0.6 is 0 Å². The zero-order chi connectivity index (χ0) is 19.4. The molecular formula is C20H18N2O5. The molecule has 0 aliphatic rings. The highest BCUT2D eigenvalue weighted by atomic mass is 16.5. The number of benzene rings is 2. The Morgan fingerprint density at radius 1 is 1.00 bits per heavy atom. The van der Waals surface area contributed by atoms with E-state index >= 15 is 0 Å². The van der Waals surface area contributed by atoms with Gasteiger partial charge >= 0.3 is 5.97 Å². The molecule has 1 N–H and O–H groups in total. The summed E-state index contributed by atoms with van der Waals surface area (Å²) in [6.07, 6.45) is 1.64. The Hall–Kier alpha value is -3.61. The number of aromatic nitrogens is 1. The molecule has 138 valence electrons. The van der Waals surface area contributed by atoms with Crippen LogP contribution in [0.25, 0.3) is 10.9 Å². The molecule has 0 bridgehead atoms. The van der Waals surface area contributed by atoms with Crippen molar-refractivity contribution in [2.75, 3.05) is 13.7 Å². The van der Waals surface area contributed by atoms with Gasteiger partial charge in [-0.05, 0) is 18.2 Å². The molecule has 7 nitrogen and oxygen atoms in total. The minimum atomic E-state index is -0.723. The Labute approximate surface area is 155 Å². The van der Waals surface area contributed by atoms with E-state index in [1.807, 2.05) is 25.2 Å². The van der Waals surface area contributed by atoms with Gasteiger partial charge < -0.3 is 14.0 Å². The summed E-state index contributed by atoms with van der Waals surface area (Å²) in [4.78, 5) is 36.5. The molecule has 0 unspecified atom stereocenters. The van der Waals surface area contributed by atoms with Gasteiger partial charge in [0, 0.05) is 24.1 Å². The maximum atomic E-state index is 12.3. The van der Waals surface area contributed by atoms with Gasteiger partial charge in [-0.3, -0.25) is 14.9 Å². The summed E-state index contributed by atoms with van der Waals surface area (Å²) in [5, 5.41) is 2.91. The van der Waals surface area contributed by atoms with E-state index in [0.717, 1.165) is 10.9 Å². The number of para-hydroxylation sites is 2. The molecule has 2 amide bonds. The molecule has 7 heteroatoms. The van der Waals surface area contributed by atoms with Crippen LogP contribution in [0.5, 0.6) is 5.75 Å². The third kappa shape index (κ3) is 3.82. The number of nitrogens with one attached hydrogen (secondary N) is 1. The number of imide groups is 1. The molecule has 3 aromatic rings. The summed E-state index contributed by atoms with van der Waals surface area (Å²) in [6, 6.07) is 13.9. The van der Waals surface area contributed by atoms with Crippen molar-refractivity contribution in [1.29, 1.82) is 0 Å². The number of esters is 1. The van der Waals surface area contributed by atoms with Gasteiger partial charge in [0.15, 0.2) is 6.61 Å². The Kier molecular flexibility index (Phi) is 5.21. The van der Waals surface area contributed by atoms with Gasteiger partial charge in [-0.1, -0.05) is 30.3 Å². The van der Waals surface area contributed by atoms with Crippen LogP contribution in [-0.4, -0.2) is 36.1 Å². The molecule has 0 aliphatic carbocycles. The van der Waals surface area contributed by atoms with E-state index in [9.17, 15) is 14.4 Å². The number of methoxy groups -OCH3 is 1. The van der Waals surface area contributed by atoms with Crippen molar-refractivity contribution in [3.8, 4) is 5.75 Å². The Morgan fingerprint density at radius 2 is 1.70 bits per heavy atom. The minimum Gasteiger partial charge on any atom is -0.496 e. The highest BCUT2D eigenvalue weighted by Gasteiger charge is 2.18. The lowest BCUT2D eigenvalue weighted by atomic mass is 10.2. The van der Waals surface area contributed by atoms with Gasteiger partial charge in [0.1, 0.15) is 5.75 Å². The fraction of sp³-hybridized carbons (Fsp3) is 0.150. The van der Waals surface area contributed by atoms with Crippen LogP contribution in [0.15, 0.2) is 54.7 Å². The van der Waals surface area contributed by atoms with Gasteiger partial charge in [0.2, 0.25) is 0 Å². The van der Waals surface area contributed by atoms with Crippen LogP contribution in [0.3, 0.4) is 0 Å². The number of hydrogen-bond acceptors (Lipinski definition) is 5. The van der Waals surface area contributed by atoms with Crippen LogP contribution < -0.4 is 10.1 Å². The van der Waals surface area contributed by atoms with E-state index < -0.39 is 24.4 Å². The quantitative estimate of drug-likeness (QED) is 0.700. The molecule has 0 saturated carbocycles. The lowest BCUT2D eigenvalue weighted by Crippen LogP contribution is -2.34. The van der Waals surface area contributed by atoms with E-state index in [2.05, 4.69) is 5.32 Å². The third-order valence-electron chi connectivity index (χ3n) is 4.06. The number of amides is 2. The van der Waals surface area contributed by atoms with Crippen molar-refractivity contribution in [2.24, 2.45) is 7.05 Å². The predicted octanol–water partition coefficient (Wildman–Crippen LogP) is 2.30. The number of aryl methyl sites for hydroxylation is 1. The van der Waals surface area contributed by atoms with Crippen molar-refractivity contribution < 1.29 is 23.9 Å². The van der Waals surface area contributed by atoms with E-state index in [1.54, 1.807) is 35.0 Å². The second-order valence-corrected chi connectivity index (χ2v) is 5.82. The number of ether oxygens (including phenoxy) is 2. The highest BCUT2D eigenvalue weighted by molar-refractivity contribution is 6.08. The highest BCUT2D eigenvalue weighted by Crippen LogP contribution is 2.21. The van der Waals surface area contributed by atoms with Crippen molar-refractivity contribution in [3.05, 3.63) is 65.9 Å². The third-order valence-corrected chi connectivity index (χ3v) is 4.06. The standard InChI is InChI=1S/C20H18N2O5/c1-22-11-15(13-7-3-5-9-16(13)22)20(25)27-12-18(23)21-19(24)14-8-4-6-10-17(14)26-2/h3-11H,12H2,1-2H3,(H,21,23,24). The zero-order valence-electron chi connectivity index (χ0n) is 14.9. The number of fused-ring (bicyclic) bond motifs is 1. The maximum absolute atomic E-state index is 12.3. The first-order chi connectivity index (χ1) is 13.0. The Balaban J connectivity index is 1.63. The fourth-order valence-corrected chi connectivity index (χ4v) is 2.78. The van der Waals surface area contributed by atoms with Crippen molar-refractivity contribution in [2.45, 2.75) is 0 Å². The van der Waals surface area contributed by atoms with Crippen molar-refractivity contribution >= 4 is 28.7 Å². The SMILES string of the molecule is COc1ccccc1C(=O)NC(=O)COC(=O)c1cn(C)c2ccccc12. The number of carbonyl (C=O) groups is 3. The summed E-state index contributed by atoms with van der Waals surface area (Å²) < 4.78 is 11.9. The fourth-order valence-electron chi connectivity index (χ4n) is 2.78. The molecule has 0 radical (unpaired) electrons. The molecule has 27 heavy (non-hydrogen) atoms. The number of carbonyl (C=O) groups excluding carboxylic acids is 3. The second-order valence-electron chi connectivity index (χ2n) is 5.82. The molecule has 0 saturated heterocycles. The Morgan fingerprint density at radius 3 is 2.48 bits per heavy atom. The van der Waals surface area contributed by atoms with E-state index in [4.69, 9.17) is 9.47 Å². The number of hydrogen-bond donors (Lipinski definition) is 1. The predicted molar refractivity (Wildman–Crippen MR) is 98.7 cm³/mol. The van der Waals surface area contributed by atoms with Crippen LogP contribution in [0.4, 0.5) is 0 Å². The molecule has 1 heterocycles. The Bertz CT molecular complexity index is 1020. The van der Waals surface area contributed by atoms with Crippen LogP contribution in [0.1, 0.15) is 20.7 Å². The van der Waals surface area contributed by atoms with Crippen LogP contribution in [0.2, 0.25) is 0 Å². The van der Waals surface area contributed by atoms with Gasteiger partial charge in [0.05, 0.1) is 18.2 Å². The van der Waals surface area contributed by atoms with Crippen molar-refractivity contribution in [1.82, 2.24) is 9.88 Å². The monoisotopic (exact) mass is 366 g/mol. The minimum absolute atomic E-state index is 0.216. The summed E-state index contributed by atoms with van der Waals surface area (Å²) in [7, 11) is 3.25. The molecule has 0 atom stereocenters. The molecule has 0 fully saturated rings. The molecule has 2 aromatic carbocycles. The zero-order valence-corrected chi connectivity index (χ0v) is 14.9. The summed E-state index contributed by atoms with van der Waals surface area (Å²) in [5.41, 5.74) is 1.45. The van der Waals surface area contributed by atoms with Gasteiger partial charge in [-0.15, -0.1) is 0 Å². The first-order valence-electron chi connectivity index (χ1n) is 8.19. The van der Waals surface area contributed by atoms with E-state index in [-0.39, 0.29) is 5.56 Å². The van der Waals surface area contributed by atoms with Crippen LogP contribution in [0, 0.1) is 0 Å². The van der Waals surface area contributed by atoms with Gasteiger partial charge in [-0.25, -0.2) is 4.79 Å². The molecule has 1 aromatic heterocycles. The van der Waals surface area contributed by atoms with Crippen LogP contribution in [-0.2, 0) is 16.6 Å². The largest absolute Gasteiger partial charge is 0.496 e. The molecule has 3 rings (SSSR count). The average molecular weight is 366 g/mol. The first kappa shape index (κ1) is 18.2. The lowest BCUT2D eigenvalue weighted by molar-refractivity contribution is -0.123. The number of rotatable bonds is 5. The first-order valence-corrected chi connectivity index (χ1v) is 8.19. The smallest absolute Gasteiger partial charge is 0.340 e. The average Bonchev–Trinajstić information content (AvgIpc) is 3.03. The topological polar surface area (TPSA) is 86.6 Å². The van der Waals surface area contributed by atoms with Crippen molar-refractivity contribution in [3.63, 3.8) is 0 Å². The molecule has 0 aliphatic heterocycles. The van der Waals surface area contributed by atoms with E-state index in [1.165, 1.54) is 13.2 Å². The van der Waals surface area contributed by atoms with Gasteiger partial charge in [0.25, 0.3) is 11.8 Å². The second kappa shape index (κ2) is 7.74. The van der Waals surface area contributed by atoms with Gasteiger partial charge in [-0.2, -0.15) is 0 Å². The normalized spacial score (nSPS) is 10.4. The lowest BCUT2D eigenvalue weighted by Gasteiger charge is -2.08. The summed E-state index contributed by atoms with van der Waals surface area (Å²) in [6.45, 7) is -0.567. The molecular weight excluding hydrogens is 348 g/mol. The number of nitrogens with zero attached hydrogens (tertiary/aromatic N) is 1. The molecule has 0 spiro atoms.